The van der Waals surface area contributed by atoms with Crippen LogP contribution < -0.4 is 4.74 Å². The Morgan fingerprint density at radius 1 is 1.45 bits per heavy atom. The first-order valence-corrected chi connectivity index (χ1v) is 3.07. The van der Waals surface area contributed by atoms with Crippen molar-refractivity contribution in [3.63, 3.8) is 0 Å². The molecule has 0 aliphatic carbocycles. The summed E-state index contributed by atoms with van der Waals surface area (Å²) < 4.78 is 17.3. The maximum Gasteiger partial charge on any atom is 0.239 e. The van der Waals surface area contributed by atoms with Crippen LogP contribution in [-0.2, 0) is 4.79 Å². The van der Waals surface area contributed by atoms with E-state index >= 15 is 0 Å². The molecular weight excluding hydrogens is 147 g/mol. The van der Waals surface area contributed by atoms with Gasteiger partial charge in [-0.1, -0.05) is 12.1 Å². The predicted octanol–water partition coefficient (Wildman–Crippen LogP) is 1.31. The van der Waals surface area contributed by atoms with E-state index in [-0.39, 0.29) is 12.4 Å². The minimum atomic E-state index is -0.470. The molecule has 0 heterocycles. The maximum atomic E-state index is 12.7. The van der Waals surface area contributed by atoms with Gasteiger partial charge in [0.1, 0.15) is 0 Å². The molecule has 0 amide bonds. The Kier molecular flexibility index (Phi) is 2.60. The third kappa shape index (κ3) is 2.04. The summed E-state index contributed by atoms with van der Waals surface area (Å²) in [7, 11) is 0. The van der Waals surface area contributed by atoms with Gasteiger partial charge in [0.25, 0.3) is 0 Å². The lowest BCUT2D eigenvalue weighted by atomic mass is 10.3. The van der Waals surface area contributed by atoms with Gasteiger partial charge in [0.15, 0.2) is 18.2 Å². The van der Waals surface area contributed by atoms with E-state index in [0.29, 0.717) is 0 Å². The van der Waals surface area contributed by atoms with E-state index in [1.165, 1.54) is 18.4 Å². The van der Waals surface area contributed by atoms with E-state index in [1.54, 1.807) is 12.1 Å². The molecule has 0 spiro atoms. The van der Waals surface area contributed by atoms with Gasteiger partial charge in [0.05, 0.1) is 0 Å². The molecule has 0 aliphatic rings. The second-order valence-electron chi connectivity index (χ2n) is 1.86. The van der Waals surface area contributed by atoms with Gasteiger partial charge in [-0.25, -0.2) is 4.39 Å². The van der Waals surface area contributed by atoms with Crippen molar-refractivity contribution >= 4 is 6.29 Å². The average Bonchev–Trinajstić information content (AvgIpc) is 2.03. The first-order chi connectivity index (χ1) is 5.34. The molecule has 1 aromatic rings. The van der Waals surface area contributed by atoms with Gasteiger partial charge in [0.2, 0.25) is 6.29 Å². The molecule has 2 nitrogen and oxygen atoms in total. The second kappa shape index (κ2) is 3.71. The zero-order chi connectivity index (χ0) is 8.10. The van der Waals surface area contributed by atoms with Crippen molar-refractivity contribution < 1.29 is 13.9 Å². The van der Waals surface area contributed by atoms with E-state index in [4.69, 9.17) is 0 Å². The van der Waals surface area contributed by atoms with Crippen molar-refractivity contribution in [3.8, 4) is 5.75 Å². The molecule has 0 aliphatic heterocycles. The summed E-state index contributed by atoms with van der Waals surface area (Å²) in [5.74, 6) is -0.390. The molecule has 0 bridgehead atoms. The van der Waals surface area contributed by atoms with E-state index in [1.807, 2.05) is 0 Å². The highest BCUT2D eigenvalue weighted by Gasteiger charge is 1.99. The first kappa shape index (κ1) is 7.72. The van der Waals surface area contributed by atoms with Gasteiger partial charge in [0, 0.05) is 0 Å². The third-order valence-corrected chi connectivity index (χ3v) is 1.12. The number of carbonyl (C=O) groups excluding carboxylic acids is 1. The lowest BCUT2D eigenvalue weighted by molar-refractivity contribution is 0.345. The van der Waals surface area contributed by atoms with Gasteiger partial charge in [-0.05, 0) is 12.1 Å². The van der Waals surface area contributed by atoms with Gasteiger partial charge in [-0.15, -0.1) is 0 Å². The molecule has 0 unspecified atom stereocenters. The summed E-state index contributed by atoms with van der Waals surface area (Å²) in [6, 6.07) is 5.89. The Bertz CT molecular complexity index is 248. The van der Waals surface area contributed by atoms with Crippen LogP contribution in [-0.4, -0.2) is 12.9 Å². The van der Waals surface area contributed by atoms with Crippen molar-refractivity contribution in [1.29, 1.82) is 0 Å². The number of benzene rings is 1. The molecule has 0 aromatic heterocycles. The molecule has 0 fully saturated rings. The van der Waals surface area contributed by atoms with Crippen LogP contribution in [0.4, 0.5) is 4.39 Å². The Morgan fingerprint density at radius 3 is 2.82 bits per heavy atom. The number of para-hydroxylation sites is 1. The molecule has 3 heteroatoms. The van der Waals surface area contributed by atoms with E-state index in [2.05, 4.69) is 4.74 Å². The summed E-state index contributed by atoms with van der Waals surface area (Å²) in [6.45, 7) is -0.235. The highest BCUT2D eigenvalue weighted by molar-refractivity contribution is 5.52. The van der Waals surface area contributed by atoms with Gasteiger partial charge >= 0.3 is 0 Å². The molecule has 0 N–H and O–H groups in total. The lowest BCUT2D eigenvalue weighted by Gasteiger charge is -2.00. The standard InChI is InChI=1S/C8H6FO2/c9-7-3-1-2-4-8(7)11-6-5-10/h1-4H,6H2. The van der Waals surface area contributed by atoms with E-state index in [9.17, 15) is 9.18 Å². The maximum absolute atomic E-state index is 12.7. The van der Waals surface area contributed by atoms with Crippen LogP contribution in [0.1, 0.15) is 0 Å². The summed E-state index contributed by atoms with van der Waals surface area (Å²) >= 11 is 0. The molecular formula is C8H6FO2. The van der Waals surface area contributed by atoms with E-state index in [0.717, 1.165) is 0 Å². The number of halogens is 1. The number of rotatable bonds is 3. The van der Waals surface area contributed by atoms with Crippen molar-refractivity contribution in [3.05, 3.63) is 30.1 Å². The molecule has 57 valence electrons. The zero-order valence-electron chi connectivity index (χ0n) is 5.71. The Morgan fingerprint density at radius 2 is 2.18 bits per heavy atom. The first-order valence-electron chi connectivity index (χ1n) is 3.07. The van der Waals surface area contributed by atoms with Crippen LogP contribution >= 0.6 is 0 Å². The summed E-state index contributed by atoms with van der Waals surface area (Å²) in [5.41, 5.74) is 0. The van der Waals surface area contributed by atoms with Crippen molar-refractivity contribution in [2.75, 3.05) is 6.61 Å². The smallest absolute Gasteiger partial charge is 0.239 e. The van der Waals surface area contributed by atoms with Crippen LogP contribution in [0.2, 0.25) is 0 Å². The predicted molar refractivity (Wildman–Crippen MR) is 37.6 cm³/mol. The minimum Gasteiger partial charge on any atom is -0.482 e. The van der Waals surface area contributed by atoms with Crippen LogP contribution in [0, 0.1) is 5.82 Å². The fourth-order valence-electron chi connectivity index (χ4n) is 0.669. The molecule has 0 saturated carbocycles. The molecule has 0 atom stereocenters. The highest BCUT2D eigenvalue weighted by atomic mass is 19.1. The van der Waals surface area contributed by atoms with Crippen LogP contribution in [0.5, 0.6) is 5.75 Å². The Hall–Kier alpha value is -1.38. The number of hydrogen-bond acceptors (Lipinski definition) is 2. The summed E-state index contributed by atoms with van der Waals surface area (Å²) in [4.78, 5) is 9.72. The monoisotopic (exact) mass is 153 g/mol. The third-order valence-electron chi connectivity index (χ3n) is 1.12. The molecule has 1 rings (SSSR count). The fraction of sp³-hybridized carbons (Fsp3) is 0.125. The summed E-state index contributed by atoms with van der Waals surface area (Å²) in [5, 5.41) is 0. The topological polar surface area (TPSA) is 26.3 Å². The zero-order valence-corrected chi connectivity index (χ0v) is 5.71. The fourth-order valence-corrected chi connectivity index (χ4v) is 0.669. The van der Waals surface area contributed by atoms with Crippen LogP contribution in [0.3, 0.4) is 0 Å². The number of hydrogen-bond donors (Lipinski definition) is 0. The Labute approximate surface area is 63.6 Å². The lowest BCUT2D eigenvalue weighted by Crippen LogP contribution is -1.98. The SMILES string of the molecule is O=[C]COc1ccccc1F. The molecule has 11 heavy (non-hydrogen) atoms. The Balaban J connectivity index is 2.69. The molecule has 1 radical (unpaired) electrons. The average molecular weight is 153 g/mol. The normalized spacial score (nSPS) is 9.18. The van der Waals surface area contributed by atoms with Crippen molar-refractivity contribution in [2.45, 2.75) is 0 Å². The molecule has 0 saturated heterocycles. The highest BCUT2D eigenvalue weighted by Crippen LogP contribution is 2.14. The summed E-state index contributed by atoms with van der Waals surface area (Å²) in [6.07, 6.45) is 1.50. The minimum absolute atomic E-state index is 0.0795. The van der Waals surface area contributed by atoms with E-state index < -0.39 is 5.82 Å². The van der Waals surface area contributed by atoms with Gasteiger partial charge < -0.3 is 4.74 Å². The van der Waals surface area contributed by atoms with Crippen LogP contribution in [0.15, 0.2) is 24.3 Å². The largest absolute Gasteiger partial charge is 0.482 e. The van der Waals surface area contributed by atoms with Crippen LogP contribution in [0.25, 0.3) is 0 Å². The second-order valence-corrected chi connectivity index (χ2v) is 1.86. The van der Waals surface area contributed by atoms with Gasteiger partial charge in [-0.2, -0.15) is 0 Å². The molecule has 1 aromatic carbocycles. The van der Waals surface area contributed by atoms with Gasteiger partial charge in [-0.3, -0.25) is 4.79 Å². The quantitative estimate of drug-likeness (QED) is 0.654. The number of ether oxygens (including phenoxy) is 1. The van der Waals surface area contributed by atoms with Crippen molar-refractivity contribution in [2.24, 2.45) is 0 Å². The van der Waals surface area contributed by atoms with Crippen molar-refractivity contribution in [1.82, 2.24) is 0 Å².